The summed E-state index contributed by atoms with van der Waals surface area (Å²) in [5.41, 5.74) is -1.23. The standard InChI is InChI=1S/C28H42O5/c1-9-32-24(33-10-2)27(30,19-29)28(31,22-15-11-20(12-16-22)25(3,4)5)23-17-13-21(14-18-23)26(6,7)8/h11-18,24,29-31H,9-10,19H2,1-8H3. The van der Waals surface area contributed by atoms with Crippen molar-refractivity contribution in [3.8, 4) is 0 Å². The van der Waals surface area contributed by atoms with Gasteiger partial charge in [-0.1, -0.05) is 90.1 Å². The Morgan fingerprint density at radius 3 is 1.18 bits per heavy atom. The summed E-state index contributed by atoms with van der Waals surface area (Å²) < 4.78 is 11.4. The van der Waals surface area contributed by atoms with E-state index in [4.69, 9.17) is 9.47 Å². The lowest BCUT2D eigenvalue weighted by atomic mass is 9.71. The van der Waals surface area contributed by atoms with Gasteiger partial charge in [0, 0.05) is 13.2 Å². The van der Waals surface area contributed by atoms with Gasteiger partial charge in [-0.2, -0.15) is 0 Å². The summed E-state index contributed by atoms with van der Waals surface area (Å²) in [4.78, 5) is 0. The van der Waals surface area contributed by atoms with E-state index < -0.39 is 24.1 Å². The fourth-order valence-corrected chi connectivity index (χ4v) is 4.08. The van der Waals surface area contributed by atoms with Crippen LogP contribution >= 0.6 is 0 Å². The molecule has 3 N–H and O–H groups in total. The summed E-state index contributed by atoms with van der Waals surface area (Å²) in [6.07, 6.45) is -1.24. The lowest BCUT2D eigenvalue weighted by Gasteiger charge is -2.46. The van der Waals surface area contributed by atoms with Crippen LogP contribution in [0.2, 0.25) is 0 Å². The molecule has 2 aromatic rings. The minimum Gasteiger partial charge on any atom is -0.393 e. The van der Waals surface area contributed by atoms with Crippen LogP contribution in [0.3, 0.4) is 0 Å². The van der Waals surface area contributed by atoms with Gasteiger partial charge in [0.15, 0.2) is 17.5 Å². The Labute approximate surface area is 199 Å². The zero-order valence-electron chi connectivity index (χ0n) is 21.5. The Kier molecular flexibility index (Phi) is 8.53. The topological polar surface area (TPSA) is 79.2 Å². The molecule has 1 atom stereocenters. The summed E-state index contributed by atoms with van der Waals surface area (Å²) in [6, 6.07) is 15.0. The molecule has 1 unspecified atom stereocenters. The Morgan fingerprint density at radius 1 is 0.636 bits per heavy atom. The molecule has 0 aromatic heterocycles. The van der Waals surface area contributed by atoms with Crippen molar-refractivity contribution in [1.29, 1.82) is 0 Å². The number of benzene rings is 2. The first kappa shape index (κ1) is 27.5. The van der Waals surface area contributed by atoms with Crippen LogP contribution in [-0.2, 0) is 25.9 Å². The average molecular weight is 459 g/mol. The fourth-order valence-electron chi connectivity index (χ4n) is 4.08. The van der Waals surface area contributed by atoms with Gasteiger partial charge in [0.05, 0.1) is 6.61 Å². The van der Waals surface area contributed by atoms with Gasteiger partial charge in [-0.25, -0.2) is 0 Å². The van der Waals surface area contributed by atoms with Crippen molar-refractivity contribution in [3.63, 3.8) is 0 Å². The first-order valence-corrected chi connectivity index (χ1v) is 11.8. The van der Waals surface area contributed by atoms with Crippen LogP contribution in [0, 0.1) is 0 Å². The molecule has 0 amide bonds. The molecule has 184 valence electrons. The Hall–Kier alpha value is -1.76. The monoisotopic (exact) mass is 458 g/mol. The van der Waals surface area contributed by atoms with E-state index in [1.807, 2.05) is 24.3 Å². The molecule has 0 heterocycles. The van der Waals surface area contributed by atoms with Crippen molar-refractivity contribution in [1.82, 2.24) is 0 Å². The fraction of sp³-hybridized carbons (Fsp3) is 0.571. The maximum Gasteiger partial charge on any atom is 0.192 e. The van der Waals surface area contributed by atoms with Gasteiger partial charge in [-0.15, -0.1) is 0 Å². The van der Waals surface area contributed by atoms with Gasteiger partial charge in [0.2, 0.25) is 0 Å². The number of hydrogen-bond acceptors (Lipinski definition) is 5. The Bertz CT molecular complexity index is 811. The first-order valence-electron chi connectivity index (χ1n) is 11.8. The molecular formula is C28H42O5. The summed E-state index contributed by atoms with van der Waals surface area (Å²) in [5.74, 6) is 0. The van der Waals surface area contributed by atoms with Crippen molar-refractivity contribution in [2.75, 3.05) is 19.8 Å². The molecule has 0 aliphatic heterocycles. The van der Waals surface area contributed by atoms with Gasteiger partial charge >= 0.3 is 0 Å². The van der Waals surface area contributed by atoms with Crippen LogP contribution in [0.25, 0.3) is 0 Å². The van der Waals surface area contributed by atoms with Gasteiger partial charge in [0.25, 0.3) is 0 Å². The molecule has 0 spiro atoms. The van der Waals surface area contributed by atoms with Crippen molar-refractivity contribution in [2.45, 2.75) is 83.7 Å². The maximum atomic E-state index is 12.3. The lowest BCUT2D eigenvalue weighted by molar-refractivity contribution is -0.295. The van der Waals surface area contributed by atoms with Gasteiger partial charge < -0.3 is 24.8 Å². The van der Waals surface area contributed by atoms with E-state index in [9.17, 15) is 15.3 Å². The largest absolute Gasteiger partial charge is 0.393 e. The summed E-state index contributed by atoms with van der Waals surface area (Å²) >= 11 is 0. The molecule has 2 aromatic carbocycles. The van der Waals surface area contributed by atoms with Crippen molar-refractivity contribution >= 4 is 0 Å². The van der Waals surface area contributed by atoms with Crippen molar-refractivity contribution in [3.05, 3.63) is 70.8 Å². The lowest BCUT2D eigenvalue weighted by Crippen LogP contribution is -2.63. The van der Waals surface area contributed by atoms with E-state index in [2.05, 4.69) is 41.5 Å². The molecular weight excluding hydrogens is 416 g/mol. The zero-order chi connectivity index (χ0) is 25.1. The number of rotatable bonds is 9. The second-order valence-corrected chi connectivity index (χ2v) is 10.7. The summed E-state index contributed by atoms with van der Waals surface area (Å²) in [7, 11) is 0. The molecule has 2 rings (SSSR count). The molecule has 5 heteroatoms. The van der Waals surface area contributed by atoms with Crippen molar-refractivity contribution in [2.24, 2.45) is 0 Å². The molecule has 0 aliphatic rings. The van der Waals surface area contributed by atoms with Crippen LogP contribution in [0.5, 0.6) is 0 Å². The highest BCUT2D eigenvalue weighted by Crippen LogP contribution is 2.43. The number of aliphatic hydroxyl groups is 3. The number of aliphatic hydroxyl groups excluding tert-OH is 1. The zero-order valence-corrected chi connectivity index (χ0v) is 21.5. The van der Waals surface area contributed by atoms with Crippen LogP contribution in [-0.4, -0.2) is 47.0 Å². The third-order valence-electron chi connectivity index (χ3n) is 6.23. The molecule has 5 nitrogen and oxygen atoms in total. The van der Waals surface area contributed by atoms with Gasteiger partial charge in [0.1, 0.15) is 0 Å². The quantitative estimate of drug-likeness (QED) is 0.477. The second kappa shape index (κ2) is 10.2. The SMILES string of the molecule is CCOC(OCC)C(O)(CO)C(O)(c1ccc(C(C)(C)C)cc1)c1ccc(C(C)(C)C)cc1. The highest BCUT2D eigenvalue weighted by molar-refractivity contribution is 5.44. The summed E-state index contributed by atoms with van der Waals surface area (Å²) in [6.45, 7) is 16.0. The molecule has 0 fully saturated rings. The molecule has 0 radical (unpaired) electrons. The van der Waals surface area contributed by atoms with Crippen LogP contribution < -0.4 is 0 Å². The normalized spacial score (nSPS) is 15.0. The Morgan fingerprint density at radius 2 is 0.939 bits per heavy atom. The van der Waals surface area contributed by atoms with Crippen LogP contribution in [0.4, 0.5) is 0 Å². The minimum atomic E-state index is -2.16. The maximum absolute atomic E-state index is 12.3. The van der Waals surface area contributed by atoms with Crippen LogP contribution in [0.1, 0.15) is 77.6 Å². The minimum absolute atomic E-state index is 0.0720. The average Bonchev–Trinajstić information content (AvgIpc) is 2.76. The second-order valence-electron chi connectivity index (χ2n) is 10.7. The third kappa shape index (κ3) is 5.50. The predicted molar refractivity (Wildman–Crippen MR) is 132 cm³/mol. The highest BCUT2D eigenvalue weighted by Gasteiger charge is 2.57. The van der Waals surface area contributed by atoms with Gasteiger partial charge in [-0.05, 0) is 46.9 Å². The summed E-state index contributed by atoms with van der Waals surface area (Å²) in [5, 5.41) is 34.7. The van der Waals surface area contributed by atoms with Crippen molar-refractivity contribution < 1.29 is 24.8 Å². The Balaban J connectivity index is 2.77. The number of hydrogen-bond donors (Lipinski definition) is 3. The molecule has 0 bridgehead atoms. The smallest absolute Gasteiger partial charge is 0.192 e. The molecule has 0 saturated carbocycles. The van der Waals surface area contributed by atoms with E-state index in [0.29, 0.717) is 11.1 Å². The van der Waals surface area contributed by atoms with E-state index in [1.54, 1.807) is 38.1 Å². The predicted octanol–water partition coefficient (Wildman–Crippen LogP) is 4.64. The van der Waals surface area contributed by atoms with E-state index >= 15 is 0 Å². The number of ether oxygens (including phenoxy) is 2. The first-order chi connectivity index (χ1) is 15.3. The molecule has 0 saturated heterocycles. The molecule has 33 heavy (non-hydrogen) atoms. The van der Waals surface area contributed by atoms with Gasteiger partial charge in [-0.3, -0.25) is 0 Å². The van der Waals surface area contributed by atoms with Crippen LogP contribution in [0.15, 0.2) is 48.5 Å². The van der Waals surface area contributed by atoms with E-state index in [-0.39, 0.29) is 24.0 Å². The third-order valence-corrected chi connectivity index (χ3v) is 6.23. The highest BCUT2D eigenvalue weighted by atomic mass is 16.7. The van der Waals surface area contributed by atoms with E-state index in [0.717, 1.165) is 11.1 Å². The van der Waals surface area contributed by atoms with E-state index in [1.165, 1.54) is 0 Å². The molecule has 0 aliphatic carbocycles.